The normalized spacial score (nSPS) is 40.4. The molecule has 2 fully saturated rings. The average Bonchev–Trinajstić information content (AvgIpc) is 2.26. The van der Waals surface area contributed by atoms with E-state index < -0.39 is 15.4 Å². The lowest BCUT2D eigenvalue weighted by atomic mass is 9.69. The maximum Gasteiger partial charge on any atom is 0.268 e. The van der Waals surface area contributed by atoms with E-state index in [9.17, 15) is 13.0 Å². The Morgan fingerprint density at radius 2 is 1.69 bits per heavy atom. The van der Waals surface area contributed by atoms with Crippen LogP contribution in [-0.4, -0.2) is 31.4 Å². The minimum atomic E-state index is -3.88. The molecule has 2 aliphatic rings. The van der Waals surface area contributed by atoms with E-state index in [1.165, 1.54) is 0 Å². The van der Waals surface area contributed by atoms with Crippen LogP contribution >= 0.6 is 0 Å². The van der Waals surface area contributed by atoms with Gasteiger partial charge < -0.3 is 4.74 Å². The number of hydrogen-bond acceptors (Lipinski definition) is 3. The number of methoxy groups -OCH3 is 1. The summed E-state index contributed by atoms with van der Waals surface area (Å²) in [6, 6.07) is 0. The monoisotopic (exact) mass is 248 g/mol. The lowest BCUT2D eigenvalue weighted by molar-refractivity contribution is -0.0202. The molecule has 0 bridgehead atoms. The summed E-state index contributed by atoms with van der Waals surface area (Å²) in [4.78, 5) is 0. The minimum absolute atomic E-state index is 0.0995. The summed E-state index contributed by atoms with van der Waals surface area (Å²) >= 11 is 0. The quantitative estimate of drug-likeness (QED) is 0.758. The van der Waals surface area contributed by atoms with Crippen molar-refractivity contribution in [2.45, 2.75) is 49.9 Å². The molecular weight excluding hydrogens is 228 g/mol. The summed E-state index contributed by atoms with van der Waals surface area (Å²) in [5, 5.41) is -0.552. The molecule has 0 radical (unpaired) electrons. The molecule has 0 aliphatic heterocycles. The van der Waals surface area contributed by atoms with Crippen LogP contribution in [0.15, 0.2) is 0 Å². The van der Waals surface area contributed by atoms with Gasteiger partial charge in [-0.2, -0.15) is 8.42 Å². The van der Waals surface area contributed by atoms with Gasteiger partial charge >= 0.3 is 0 Å². The molecule has 1 N–H and O–H groups in total. The van der Waals surface area contributed by atoms with Gasteiger partial charge in [0.25, 0.3) is 10.1 Å². The Morgan fingerprint density at radius 1 is 1.06 bits per heavy atom. The van der Waals surface area contributed by atoms with Gasteiger partial charge in [0, 0.05) is 7.11 Å². The van der Waals surface area contributed by atoms with Gasteiger partial charge in [-0.05, 0) is 37.5 Å². The maximum atomic E-state index is 11.4. The third-order valence-electron chi connectivity index (χ3n) is 4.25. The van der Waals surface area contributed by atoms with Gasteiger partial charge in [0.15, 0.2) is 0 Å². The fraction of sp³-hybridized carbons (Fsp3) is 1.00. The molecule has 2 rings (SSSR count). The van der Waals surface area contributed by atoms with Crippen LogP contribution in [0.1, 0.15) is 38.5 Å². The molecular formula is C11H20O4S. The van der Waals surface area contributed by atoms with Crippen molar-refractivity contribution in [3.8, 4) is 0 Å². The molecule has 0 spiro atoms. The topological polar surface area (TPSA) is 63.6 Å². The molecule has 4 nitrogen and oxygen atoms in total. The third-order valence-corrected chi connectivity index (χ3v) is 5.60. The first-order valence-electron chi connectivity index (χ1n) is 6.03. The summed E-state index contributed by atoms with van der Waals surface area (Å²) in [6.07, 6.45) is 5.65. The summed E-state index contributed by atoms with van der Waals surface area (Å²) in [5.74, 6) is 0.418. The first kappa shape index (κ1) is 12.3. The standard InChI is InChI=1S/C11H20O4S/c1-15-10-6-7-11(16(12,13)14)9-5-3-2-4-8(9)10/h8-11H,2-7H2,1H3,(H,12,13,14). The van der Waals surface area contributed by atoms with Crippen molar-refractivity contribution in [3.05, 3.63) is 0 Å². The molecule has 0 aromatic rings. The summed E-state index contributed by atoms with van der Waals surface area (Å²) < 4.78 is 37.4. The molecule has 0 aromatic carbocycles. The van der Waals surface area contributed by atoms with E-state index in [-0.39, 0.29) is 12.0 Å². The molecule has 0 aromatic heterocycles. The molecule has 0 amide bonds. The van der Waals surface area contributed by atoms with Crippen molar-refractivity contribution in [3.63, 3.8) is 0 Å². The van der Waals surface area contributed by atoms with E-state index in [0.717, 1.165) is 32.1 Å². The van der Waals surface area contributed by atoms with Crippen molar-refractivity contribution in [2.24, 2.45) is 11.8 Å². The summed E-state index contributed by atoms with van der Waals surface area (Å²) in [7, 11) is -2.18. The highest BCUT2D eigenvalue weighted by Gasteiger charge is 2.45. The van der Waals surface area contributed by atoms with Crippen LogP contribution in [0.4, 0.5) is 0 Å². The van der Waals surface area contributed by atoms with Crippen molar-refractivity contribution >= 4 is 10.1 Å². The fourth-order valence-electron chi connectivity index (χ4n) is 3.53. The van der Waals surface area contributed by atoms with E-state index in [1.54, 1.807) is 7.11 Å². The van der Waals surface area contributed by atoms with E-state index in [2.05, 4.69) is 0 Å². The van der Waals surface area contributed by atoms with Crippen molar-refractivity contribution in [1.29, 1.82) is 0 Å². The molecule has 16 heavy (non-hydrogen) atoms. The van der Waals surface area contributed by atoms with Crippen LogP contribution in [-0.2, 0) is 14.9 Å². The zero-order valence-corrected chi connectivity index (χ0v) is 10.4. The van der Waals surface area contributed by atoms with Gasteiger partial charge in [-0.1, -0.05) is 12.8 Å². The van der Waals surface area contributed by atoms with Gasteiger partial charge in [0.05, 0.1) is 11.4 Å². The van der Waals surface area contributed by atoms with Crippen LogP contribution in [0, 0.1) is 11.8 Å². The highest BCUT2D eigenvalue weighted by molar-refractivity contribution is 7.86. The zero-order chi connectivity index (χ0) is 11.8. The Hall–Kier alpha value is -0.130. The Labute approximate surface area is 97.1 Å². The van der Waals surface area contributed by atoms with Crippen LogP contribution in [0.5, 0.6) is 0 Å². The Balaban J connectivity index is 2.20. The predicted molar refractivity (Wildman–Crippen MR) is 60.8 cm³/mol. The molecule has 94 valence electrons. The SMILES string of the molecule is COC1CCC(S(=O)(=O)O)C2CCCCC12. The first-order valence-corrected chi connectivity index (χ1v) is 7.53. The van der Waals surface area contributed by atoms with Gasteiger partial charge in [-0.15, -0.1) is 0 Å². The fourth-order valence-corrected chi connectivity index (χ4v) is 4.74. The molecule has 2 aliphatic carbocycles. The molecule has 4 atom stereocenters. The minimum Gasteiger partial charge on any atom is -0.381 e. The zero-order valence-electron chi connectivity index (χ0n) is 9.63. The van der Waals surface area contributed by atoms with Crippen molar-refractivity contribution in [2.75, 3.05) is 7.11 Å². The predicted octanol–water partition coefficient (Wildman–Crippen LogP) is 1.86. The number of fused-ring (bicyclic) bond motifs is 1. The van der Waals surface area contributed by atoms with Crippen LogP contribution in [0.25, 0.3) is 0 Å². The number of rotatable bonds is 2. The Bertz CT molecular complexity index is 338. The van der Waals surface area contributed by atoms with Crippen LogP contribution in [0.3, 0.4) is 0 Å². The van der Waals surface area contributed by atoms with Crippen LogP contribution in [0.2, 0.25) is 0 Å². The molecule has 5 heteroatoms. The largest absolute Gasteiger partial charge is 0.381 e. The van der Waals surface area contributed by atoms with E-state index in [1.807, 2.05) is 0 Å². The first-order chi connectivity index (χ1) is 7.54. The van der Waals surface area contributed by atoms with E-state index in [0.29, 0.717) is 12.3 Å². The highest BCUT2D eigenvalue weighted by atomic mass is 32.2. The maximum absolute atomic E-state index is 11.4. The second-order valence-electron chi connectivity index (χ2n) is 5.02. The summed E-state index contributed by atoms with van der Waals surface area (Å²) in [6.45, 7) is 0. The molecule has 0 saturated heterocycles. The third kappa shape index (κ3) is 2.26. The number of hydrogen-bond donors (Lipinski definition) is 1. The Kier molecular flexibility index (Phi) is 3.56. The van der Waals surface area contributed by atoms with Crippen molar-refractivity contribution < 1.29 is 17.7 Å². The van der Waals surface area contributed by atoms with E-state index >= 15 is 0 Å². The molecule has 4 unspecified atom stereocenters. The van der Waals surface area contributed by atoms with Gasteiger partial charge in [0.2, 0.25) is 0 Å². The Morgan fingerprint density at radius 3 is 2.25 bits per heavy atom. The number of ether oxygens (including phenoxy) is 1. The van der Waals surface area contributed by atoms with Gasteiger partial charge in [0.1, 0.15) is 0 Å². The lowest BCUT2D eigenvalue weighted by Crippen LogP contribution is -2.46. The van der Waals surface area contributed by atoms with E-state index in [4.69, 9.17) is 4.74 Å². The second-order valence-corrected chi connectivity index (χ2v) is 6.65. The second kappa shape index (κ2) is 4.63. The average molecular weight is 248 g/mol. The lowest BCUT2D eigenvalue weighted by Gasteiger charge is -2.43. The smallest absolute Gasteiger partial charge is 0.268 e. The molecule has 0 heterocycles. The van der Waals surface area contributed by atoms with Gasteiger partial charge in [-0.25, -0.2) is 0 Å². The van der Waals surface area contributed by atoms with Crippen molar-refractivity contribution in [1.82, 2.24) is 0 Å². The molecule has 2 saturated carbocycles. The summed E-state index contributed by atoms with van der Waals surface area (Å²) in [5.41, 5.74) is 0. The highest BCUT2D eigenvalue weighted by Crippen LogP contribution is 2.43. The van der Waals surface area contributed by atoms with Gasteiger partial charge in [-0.3, -0.25) is 4.55 Å². The van der Waals surface area contributed by atoms with Crippen LogP contribution < -0.4 is 0 Å².